The Kier molecular flexibility index (Phi) is 4.82. The fraction of sp³-hybridized carbons (Fsp3) is 0.588. The predicted molar refractivity (Wildman–Crippen MR) is 83.4 cm³/mol. The second kappa shape index (κ2) is 6.84. The summed E-state index contributed by atoms with van der Waals surface area (Å²) >= 11 is 0. The van der Waals surface area contributed by atoms with Gasteiger partial charge in [0.1, 0.15) is 5.82 Å². The summed E-state index contributed by atoms with van der Waals surface area (Å²) in [5, 5.41) is 13.0. The number of amides is 2. The lowest BCUT2D eigenvalue weighted by Gasteiger charge is -2.46. The Labute approximate surface area is 135 Å². The number of urea groups is 1. The number of likely N-dealkylation sites (tertiary alicyclic amines) is 1. The molecule has 5 nitrogen and oxygen atoms in total. The molecule has 3 rings (SSSR count). The van der Waals surface area contributed by atoms with Crippen LogP contribution in [0.1, 0.15) is 31.2 Å². The molecule has 2 N–H and O–H groups in total. The van der Waals surface area contributed by atoms with Gasteiger partial charge in [-0.2, -0.15) is 0 Å². The van der Waals surface area contributed by atoms with Crippen LogP contribution in [0.3, 0.4) is 0 Å². The van der Waals surface area contributed by atoms with E-state index in [0.29, 0.717) is 39.1 Å². The average Bonchev–Trinajstić information content (AvgIpc) is 2.56. The van der Waals surface area contributed by atoms with Gasteiger partial charge in [0.2, 0.25) is 0 Å². The van der Waals surface area contributed by atoms with Crippen LogP contribution in [-0.2, 0) is 11.3 Å². The number of nitrogens with zero attached hydrogens (tertiary/aromatic N) is 1. The normalized spacial score (nSPS) is 23.7. The second-order valence-electron chi connectivity index (χ2n) is 6.35. The lowest BCUT2D eigenvalue weighted by molar-refractivity contribution is -0.173. The first-order valence-electron chi connectivity index (χ1n) is 8.18. The van der Waals surface area contributed by atoms with Crippen LogP contribution < -0.4 is 5.32 Å². The molecule has 0 aliphatic carbocycles. The summed E-state index contributed by atoms with van der Waals surface area (Å²) in [5.41, 5.74) is 0.260. The molecule has 1 aromatic carbocycles. The molecule has 2 saturated heterocycles. The zero-order valence-corrected chi connectivity index (χ0v) is 13.1. The van der Waals surface area contributed by atoms with Crippen LogP contribution in [0.5, 0.6) is 0 Å². The van der Waals surface area contributed by atoms with Crippen molar-refractivity contribution in [3.63, 3.8) is 0 Å². The van der Waals surface area contributed by atoms with Gasteiger partial charge in [-0.15, -0.1) is 0 Å². The second-order valence-corrected chi connectivity index (χ2v) is 6.35. The maximum Gasteiger partial charge on any atom is 0.317 e. The number of piperidine rings is 1. The van der Waals surface area contributed by atoms with Crippen LogP contribution in [0.4, 0.5) is 9.18 Å². The van der Waals surface area contributed by atoms with Gasteiger partial charge in [-0.1, -0.05) is 12.1 Å². The number of aliphatic hydroxyl groups is 1. The number of halogens is 1. The topological polar surface area (TPSA) is 61.8 Å². The van der Waals surface area contributed by atoms with Crippen molar-refractivity contribution in [2.24, 2.45) is 0 Å². The smallest absolute Gasteiger partial charge is 0.317 e. The van der Waals surface area contributed by atoms with E-state index in [9.17, 15) is 14.3 Å². The van der Waals surface area contributed by atoms with Crippen molar-refractivity contribution in [2.45, 2.75) is 43.9 Å². The van der Waals surface area contributed by atoms with Crippen molar-refractivity contribution in [2.75, 3.05) is 19.7 Å². The number of ether oxygens (including phenoxy) is 1. The molecule has 2 amide bonds. The molecule has 6 heteroatoms. The van der Waals surface area contributed by atoms with Gasteiger partial charge in [0.15, 0.2) is 0 Å². The Hall–Kier alpha value is -1.66. The number of benzene rings is 1. The maximum absolute atomic E-state index is 13.1. The fourth-order valence-electron chi connectivity index (χ4n) is 3.41. The van der Waals surface area contributed by atoms with Crippen LogP contribution in [0, 0.1) is 5.82 Å². The standard InChI is InChI=1S/C17H23FN2O3/c18-14-4-1-3-13(11-14)12-19-16(22)20-8-6-17(7-9-20)15(21)5-2-10-23-17/h1,3-4,11,15,21H,2,5-10,12H2,(H,19,22)/t15-/m0/s1. The van der Waals surface area contributed by atoms with Crippen molar-refractivity contribution in [1.82, 2.24) is 10.2 Å². The first-order chi connectivity index (χ1) is 11.1. The highest BCUT2D eigenvalue weighted by Crippen LogP contribution is 2.35. The van der Waals surface area contributed by atoms with Gasteiger partial charge in [0.05, 0.1) is 11.7 Å². The highest BCUT2D eigenvalue weighted by molar-refractivity contribution is 5.74. The minimum atomic E-state index is -0.475. The number of rotatable bonds is 2. The van der Waals surface area contributed by atoms with Crippen molar-refractivity contribution < 1.29 is 19.0 Å². The van der Waals surface area contributed by atoms with Crippen molar-refractivity contribution >= 4 is 6.03 Å². The monoisotopic (exact) mass is 322 g/mol. The Morgan fingerprint density at radius 3 is 2.91 bits per heavy atom. The van der Waals surface area contributed by atoms with Crippen LogP contribution in [0.25, 0.3) is 0 Å². The lowest BCUT2D eigenvalue weighted by Crippen LogP contribution is -2.57. The van der Waals surface area contributed by atoms with E-state index >= 15 is 0 Å². The summed E-state index contributed by atoms with van der Waals surface area (Å²) in [7, 11) is 0. The van der Waals surface area contributed by atoms with Crippen LogP contribution in [0.2, 0.25) is 0 Å². The summed E-state index contributed by atoms with van der Waals surface area (Å²) in [5.74, 6) is -0.305. The molecule has 0 aromatic heterocycles. The van der Waals surface area contributed by atoms with E-state index in [-0.39, 0.29) is 11.8 Å². The van der Waals surface area contributed by atoms with Crippen LogP contribution in [-0.4, -0.2) is 47.4 Å². The number of carbonyl (C=O) groups is 1. The van der Waals surface area contributed by atoms with E-state index < -0.39 is 11.7 Å². The number of carbonyl (C=O) groups excluding carboxylic acids is 1. The molecule has 2 heterocycles. The zero-order valence-electron chi connectivity index (χ0n) is 13.1. The highest BCUT2D eigenvalue weighted by Gasteiger charge is 2.44. The van der Waals surface area contributed by atoms with E-state index in [0.717, 1.165) is 18.4 Å². The van der Waals surface area contributed by atoms with Gasteiger partial charge in [0.25, 0.3) is 0 Å². The summed E-state index contributed by atoms with van der Waals surface area (Å²) in [6.45, 7) is 2.11. The molecule has 1 atom stereocenters. The molecule has 0 bridgehead atoms. The minimum Gasteiger partial charge on any atom is -0.390 e. The maximum atomic E-state index is 13.1. The van der Waals surface area contributed by atoms with Gasteiger partial charge in [-0.3, -0.25) is 0 Å². The van der Waals surface area contributed by atoms with Gasteiger partial charge >= 0.3 is 6.03 Å². The quantitative estimate of drug-likeness (QED) is 0.876. The molecule has 1 aromatic rings. The molecule has 23 heavy (non-hydrogen) atoms. The first kappa shape index (κ1) is 16.2. The van der Waals surface area contributed by atoms with Crippen LogP contribution in [0.15, 0.2) is 24.3 Å². The largest absolute Gasteiger partial charge is 0.390 e. The number of hydrogen-bond acceptors (Lipinski definition) is 3. The Bertz CT molecular complexity index is 559. The van der Waals surface area contributed by atoms with E-state index in [4.69, 9.17) is 4.74 Å². The third kappa shape index (κ3) is 3.64. The Morgan fingerprint density at radius 2 is 2.22 bits per heavy atom. The Morgan fingerprint density at radius 1 is 1.43 bits per heavy atom. The molecule has 0 unspecified atom stereocenters. The van der Waals surface area contributed by atoms with Gasteiger partial charge in [-0.05, 0) is 43.4 Å². The van der Waals surface area contributed by atoms with E-state index in [1.54, 1.807) is 17.0 Å². The first-order valence-corrected chi connectivity index (χ1v) is 8.18. The fourth-order valence-corrected chi connectivity index (χ4v) is 3.41. The SMILES string of the molecule is O=C(NCc1cccc(F)c1)N1CCC2(CC1)OCCC[C@@H]2O. The lowest BCUT2D eigenvalue weighted by atomic mass is 9.82. The molecule has 0 saturated carbocycles. The molecule has 126 valence electrons. The predicted octanol–water partition coefficient (Wildman–Crippen LogP) is 2.04. The van der Waals surface area contributed by atoms with Crippen molar-refractivity contribution in [1.29, 1.82) is 0 Å². The zero-order chi connectivity index (χ0) is 16.3. The van der Waals surface area contributed by atoms with Crippen molar-refractivity contribution in [3.8, 4) is 0 Å². The number of aliphatic hydroxyl groups excluding tert-OH is 1. The van der Waals surface area contributed by atoms with E-state index in [1.807, 2.05) is 0 Å². The molecule has 1 spiro atoms. The number of nitrogens with one attached hydrogen (secondary N) is 1. The molecular weight excluding hydrogens is 299 g/mol. The molecule has 0 radical (unpaired) electrons. The molecule has 2 aliphatic rings. The third-order valence-electron chi connectivity index (χ3n) is 4.85. The van der Waals surface area contributed by atoms with Crippen LogP contribution >= 0.6 is 0 Å². The summed E-state index contributed by atoms with van der Waals surface area (Å²) in [4.78, 5) is 14.0. The van der Waals surface area contributed by atoms with Gasteiger partial charge in [0, 0.05) is 26.2 Å². The summed E-state index contributed by atoms with van der Waals surface area (Å²) in [6, 6.07) is 6.04. The van der Waals surface area contributed by atoms with Gasteiger partial charge in [-0.25, -0.2) is 9.18 Å². The number of hydrogen-bond donors (Lipinski definition) is 2. The molecule has 2 fully saturated rings. The highest BCUT2D eigenvalue weighted by atomic mass is 19.1. The molecule has 2 aliphatic heterocycles. The van der Waals surface area contributed by atoms with E-state index in [2.05, 4.69) is 5.32 Å². The summed E-state index contributed by atoms with van der Waals surface area (Å²) in [6.07, 6.45) is 2.53. The minimum absolute atomic E-state index is 0.158. The average molecular weight is 322 g/mol. The summed E-state index contributed by atoms with van der Waals surface area (Å²) < 4.78 is 19.0. The Balaban J connectivity index is 1.50. The third-order valence-corrected chi connectivity index (χ3v) is 4.85. The molecular formula is C17H23FN2O3. The van der Waals surface area contributed by atoms with Crippen molar-refractivity contribution in [3.05, 3.63) is 35.6 Å². The van der Waals surface area contributed by atoms with Gasteiger partial charge < -0.3 is 20.1 Å². The van der Waals surface area contributed by atoms with E-state index in [1.165, 1.54) is 12.1 Å².